The van der Waals surface area contributed by atoms with E-state index in [1.165, 1.54) is 12.1 Å². The maximum Gasteiger partial charge on any atom is 0.258 e. The Kier molecular flexibility index (Phi) is 4.72. The largest absolute Gasteiger partial charge is 0.496 e. The molecule has 0 spiro atoms. The summed E-state index contributed by atoms with van der Waals surface area (Å²) >= 11 is 0. The minimum atomic E-state index is -0.562. The van der Waals surface area contributed by atoms with Crippen LogP contribution in [-0.4, -0.2) is 18.0 Å². The number of pyridine rings is 1. The first-order valence-electron chi connectivity index (χ1n) is 8.76. The van der Waals surface area contributed by atoms with Gasteiger partial charge in [0.1, 0.15) is 11.6 Å². The lowest BCUT2D eigenvalue weighted by molar-refractivity contribution is 0.102. The van der Waals surface area contributed by atoms with E-state index in [-0.39, 0.29) is 5.56 Å². The number of rotatable bonds is 4. The number of aromatic nitrogens is 1. The number of fused-ring (bicyclic) bond motifs is 1. The highest BCUT2D eigenvalue weighted by Gasteiger charge is 2.13. The van der Waals surface area contributed by atoms with Crippen LogP contribution in [0.3, 0.4) is 0 Å². The lowest BCUT2D eigenvalue weighted by Gasteiger charge is -2.11. The van der Waals surface area contributed by atoms with Crippen LogP contribution in [0.5, 0.6) is 5.75 Å². The van der Waals surface area contributed by atoms with Crippen LogP contribution in [0, 0.1) is 5.82 Å². The zero-order chi connectivity index (χ0) is 19.5. The monoisotopic (exact) mass is 372 g/mol. The van der Waals surface area contributed by atoms with Crippen LogP contribution in [0.2, 0.25) is 0 Å². The summed E-state index contributed by atoms with van der Waals surface area (Å²) in [7, 11) is 1.59. The second-order valence-electron chi connectivity index (χ2n) is 6.24. The molecule has 0 aliphatic carbocycles. The Bertz CT molecular complexity index is 1160. The minimum absolute atomic E-state index is 0.00730. The summed E-state index contributed by atoms with van der Waals surface area (Å²) in [6.45, 7) is 0. The Morgan fingerprint density at radius 1 is 0.964 bits per heavy atom. The van der Waals surface area contributed by atoms with Gasteiger partial charge in [-0.3, -0.25) is 4.79 Å². The molecule has 0 aliphatic heterocycles. The predicted octanol–water partition coefficient (Wildman–Crippen LogP) is 5.30. The molecule has 1 aromatic heterocycles. The van der Waals surface area contributed by atoms with Gasteiger partial charge in [0.2, 0.25) is 0 Å². The smallest absolute Gasteiger partial charge is 0.258 e. The van der Waals surface area contributed by atoms with Gasteiger partial charge in [0.25, 0.3) is 5.91 Å². The summed E-state index contributed by atoms with van der Waals surface area (Å²) in [4.78, 5) is 17.1. The molecule has 28 heavy (non-hydrogen) atoms. The van der Waals surface area contributed by atoms with E-state index in [0.29, 0.717) is 11.4 Å². The molecule has 1 amide bonds. The molecule has 3 aromatic carbocycles. The number of amides is 1. The quantitative estimate of drug-likeness (QED) is 0.529. The SMILES string of the molecule is COc1cc(-c2ccccc2)nc2ccc(NC(=O)c3ccccc3F)cc12. The van der Waals surface area contributed by atoms with Crippen molar-refractivity contribution in [2.45, 2.75) is 0 Å². The fraction of sp³-hybridized carbons (Fsp3) is 0.0435. The van der Waals surface area contributed by atoms with E-state index in [1.807, 2.05) is 36.4 Å². The van der Waals surface area contributed by atoms with Crippen LogP contribution in [0.15, 0.2) is 78.9 Å². The molecule has 0 bridgehead atoms. The highest BCUT2D eigenvalue weighted by molar-refractivity contribution is 6.05. The van der Waals surface area contributed by atoms with E-state index < -0.39 is 11.7 Å². The van der Waals surface area contributed by atoms with E-state index in [0.717, 1.165) is 22.2 Å². The molecule has 5 heteroatoms. The van der Waals surface area contributed by atoms with Gasteiger partial charge in [0.05, 0.1) is 23.9 Å². The lowest BCUT2D eigenvalue weighted by Crippen LogP contribution is -2.13. The Morgan fingerprint density at radius 2 is 1.71 bits per heavy atom. The van der Waals surface area contributed by atoms with Gasteiger partial charge in [-0.1, -0.05) is 42.5 Å². The summed E-state index contributed by atoms with van der Waals surface area (Å²) in [6.07, 6.45) is 0. The Balaban J connectivity index is 1.71. The van der Waals surface area contributed by atoms with E-state index in [2.05, 4.69) is 5.32 Å². The number of halogens is 1. The molecule has 4 nitrogen and oxygen atoms in total. The van der Waals surface area contributed by atoms with Crippen LogP contribution in [-0.2, 0) is 0 Å². The van der Waals surface area contributed by atoms with Gasteiger partial charge >= 0.3 is 0 Å². The molecule has 4 rings (SSSR count). The summed E-state index contributed by atoms with van der Waals surface area (Å²) in [5.41, 5.74) is 3.05. The molecule has 0 fully saturated rings. The molecule has 0 atom stereocenters. The first-order chi connectivity index (χ1) is 13.7. The van der Waals surface area contributed by atoms with Gasteiger partial charge in [-0.15, -0.1) is 0 Å². The maximum absolute atomic E-state index is 13.8. The molecule has 0 saturated carbocycles. The number of methoxy groups -OCH3 is 1. The normalized spacial score (nSPS) is 10.6. The van der Waals surface area contributed by atoms with Gasteiger partial charge in [-0.25, -0.2) is 9.37 Å². The summed E-state index contributed by atoms with van der Waals surface area (Å²) in [5.74, 6) is -0.427. The number of hydrogen-bond acceptors (Lipinski definition) is 3. The van der Waals surface area contributed by atoms with Gasteiger partial charge in [0, 0.05) is 22.7 Å². The standard InChI is InChI=1S/C23H17FN2O2/c1-28-22-14-21(15-7-3-2-4-8-15)26-20-12-11-16(13-18(20)22)25-23(27)17-9-5-6-10-19(17)24/h2-14H,1H3,(H,25,27). The third kappa shape index (κ3) is 3.42. The van der Waals surface area contributed by atoms with Crippen molar-refractivity contribution in [1.82, 2.24) is 4.98 Å². The average Bonchev–Trinajstić information content (AvgIpc) is 2.74. The van der Waals surface area contributed by atoms with E-state index in [1.54, 1.807) is 37.4 Å². The van der Waals surface area contributed by atoms with Crippen LogP contribution >= 0.6 is 0 Å². The van der Waals surface area contributed by atoms with Gasteiger partial charge in [-0.2, -0.15) is 0 Å². The molecular weight excluding hydrogens is 355 g/mol. The molecule has 0 unspecified atom stereocenters. The van der Waals surface area contributed by atoms with Gasteiger partial charge in [-0.05, 0) is 30.3 Å². The van der Waals surface area contributed by atoms with Crippen LogP contribution in [0.4, 0.5) is 10.1 Å². The first kappa shape index (κ1) is 17.7. The number of nitrogens with zero attached hydrogens (tertiary/aromatic N) is 1. The second kappa shape index (κ2) is 7.48. The predicted molar refractivity (Wildman–Crippen MR) is 108 cm³/mol. The van der Waals surface area contributed by atoms with Crippen LogP contribution in [0.25, 0.3) is 22.2 Å². The molecule has 1 heterocycles. The highest BCUT2D eigenvalue weighted by atomic mass is 19.1. The number of carbonyl (C=O) groups is 1. The summed E-state index contributed by atoms with van der Waals surface area (Å²) in [6, 6.07) is 22.9. The average molecular weight is 372 g/mol. The fourth-order valence-corrected chi connectivity index (χ4v) is 3.04. The Hall–Kier alpha value is -3.73. The zero-order valence-corrected chi connectivity index (χ0v) is 15.1. The number of hydrogen-bond donors (Lipinski definition) is 1. The number of anilines is 1. The maximum atomic E-state index is 13.8. The molecule has 0 saturated heterocycles. The highest BCUT2D eigenvalue weighted by Crippen LogP contribution is 2.31. The van der Waals surface area contributed by atoms with E-state index >= 15 is 0 Å². The van der Waals surface area contributed by atoms with Gasteiger partial charge < -0.3 is 10.1 Å². The first-order valence-corrected chi connectivity index (χ1v) is 8.76. The van der Waals surface area contributed by atoms with Crippen molar-refractivity contribution < 1.29 is 13.9 Å². The number of carbonyl (C=O) groups excluding carboxylic acids is 1. The van der Waals surface area contributed by atoms with Crippen molar-refractivity contribution in [1.29, 1.82) is 0 Å². The number of nitrogens with one attached hydrogen (secondary N) is 1. The van der Waals surface area contributed by atoms with Crippen LogP contribution in [0.1, 0.15) is 10.4 Å². The Morgan fingerprint density at radius 3 is 2.46 bits per heavy atom. The summed E-state index contributed by atoms with van der Waals surface area (Å²) in [5, 5.41) is 3.48. The molecule has 138 valence electrons. The second-order valence-corrected chi connectivity index (χ2v) is 6.24. The topological polar surface area (TPSA) is 51.2 Å². The zero-order valence-electron chi connectivity index (χ0n) is 15.1. The number of benzene rings is 3. The molecule has 4 aromatic rings. The van der Waals surface area contributed by atoms with Crippen molar-refractivity contribution in [3.8, 4) is 17.0 Å². The van der Waals surface area contributed by atoms with Crippen molar-refractivity contribution in [2.24, 2.45) is 0 Å². The molecular formula is C23H17FN2O2. The third-order valence-electron chi connectivity index (χ3n) is 4.44. The van der Waals surface area contributed by atoms with Crippen LogP contribution < -0.4 is 10.1 Å². The van der Waals surface area contributed by atoms with Crippen molar-refractivity contribution >= 4 is 22.5 Å². The lowest BCUT2D eigenvalue weighted by atomic mass is 10.1. The summed E-state index contributed by atoms with van der Waals surface area (Å²) < 4.78 is 19.4. The van der Waals surface area contributed by atoms with Crippen molar-refractivity contribution in [3.05, 3.63) is 90.2 Å². The van der Waals surface area contributed by atoms with E-state index in [9.17, 15) is 9.18 Å². The molecule has 0 aliphatic rings. The Labute approximate surface area is 161 Å². The molecule has 0 radical (unpaired) electrons. The van der Waals surface area contributed by atoms with Gasteiger partial charge in [0.15, 0.2) is 0 Å². The van der Waals surface area contributed by atoms with Crippen molar-refractivity contribution in [2.75, 3.05) is 12.4 Å². The van der Waals surface area contributed by atoms with Crippen molar-refractivity contribution in [3.63, 3.8) is 0 Å². The minimum Gasteiger partial charge on any atom is -0.496 e. The molecule has 1 N–H and O–H groups in total. The fourth-order valence-electron chi connectivity index (χ4n) is 3.04. The van der Waals surface area contributed by atoms with E-state index in [4.69, 9.17) is 9.72 Å². The third-order valence-corrected chi connectivity index (χ3v) is 4.44. The number of ether oxygens (including phenoxy) is 1.